The molecule has 0 atom stereocenters. The largest absolute Gasteiger partial charge is 0.399 e. The molecule has 0 aromatic heterocycles. The Bertz CT molecular complexity index is 600. The first-order valence-electron chi connectivity index (χ1n) is 5.68. The van der Waals surface area contributed by atoms with Gasteiger partial charge in [0.1, 0.15) is 0 Å². The smallest absolute Gasteiger partial charge is 0.265 e. The van der Waals surface area contributed by atoms with Crippen LogP contribution in [0.3, 0.4) is 0 Å². The van der Waals surface area contributed by atoms with Gasteiger partial charge < -0.3 is 11.1 Å². The first-order chi connectivity index (χ1) is 8.97. The molecule has 3 N–H and O–H groups in total. The molecule has 0 saturated heterocycles. The van der Waals surface area contributed by atoms with E-state index in [2.05, 4.69) is 21.2 Å². The fraction of sp³-hybridized carbons (Fsp3) is 0.143. The van der Waals surface area contributed by atoms with Crippen molar-refractivity contribution >= 4 is 33.0 Å². The predicted molar refractivity (Wildman–Crippen MR) is 78.0 cm³/mol. The number of aryl methyl sites for hydroxylation is 1. The lowest BCUT2D eigenvalue weighted by Gasteiger charge is -2.14. The summed E-state index contributed by atoms with van der Waals surface area (Å²) in [4.78, 5) is 0. The van der Waals surface area contributed by atoms with E-state index in [4.69, 9.17) is 5.73 Å². The summed E-state index contributed by atoms with van der Waals surface area (Å²) in [7, 11) is 0. The molecule has 2 aromatic rings. The van der Waals surface area contributed by atoms with Gasteiger partial charge in [-0.15, -0.1) is 0 Å². The van der Waals surface area contributed by atoms with Crippen LogP contribution in [0, 0.1) is 6.92 Å². The van der Waals surface area contributed by atoms with Crippen molar-refractivity contribution in [3.63, 3.8) is 0 Å². The van der Waals surface area contributed by atoms with Crippen molar-refractivity contribution in [1.82, 2.24) is 0 Å². The predicted octanol–water partition coefficient (Wildman–Crippen LogP) is 5.02. The standard InChI is InChI=1S/C14H13BrF2N2/c1-8-2-3-9(15)6-13(8)19-12-5-4-10(18)7-11(12)14(16)17/h2-7,14,19H,18H2,1H3. The van der Waals surface area contributed by atoms with Crippen LogP contribution in [0.2, 0.25) is 0 Å². The maximum Gasteiger partial charge on any atom is 0.265 e. The molecule has 0 unspecified atom stereocenters. The zero-order valence-electron chi connectivity index (χ0n) is 10.3. The number of halogens is 3. The average molecular weight is 327 g/mol. The van der Waals surface area contributed by atoms with Crippen molar-refractivity contribution in [2.75, 3.05) is 11.1 Å². The fourth-order valence-corrected chi connectivity index (χ4v) is 2.11. The van der Waals surface area contributed by atoms with Gasteiger partial charge in [-0.2, -0.15) is 0 Å². The number of anilines is 3. The van der Waals surface area contributed by atoms with E-state index in [0.717, 1.165) is 15.7 Å². The zero-order chi connectivity index (χ0) is 14.0. The molecule has 100 valence electrons. The third-order valence-corrected chi connectivity index (χ3v) is 3.27. The Morgan fingerprint density at radius 3 is 2.53 bits per heavy atom. The number of hydrogen-bond donors (Lipinski definition) is 2. The molecule has 0 spiro atoms. The highest BCUT2D eigenvalue weighted by atomic mass is 79.9. The number of hydrogen-bond acceptors (Lipinski definition) is 2. The summed E-state index contributed by atoms with van der Waals surface area (Å²) in [5, 5.41) is 3.02. The lowest BCUT2D eigenvalue weighted by atomic mass is 10.1. The second-order valence-electron chi connectivity index (χ2n) is 4.23. The van der Waals surface area contributed by atoms with Gasteiger partial charge in [0.25, 0.3) is 6.43 Å². The second-order valence-corrected chi connectivity index (χ2v) is 5.15. The molecule has 2 nitrogen and oxygen atoms in total. The van der Waals surface area contributed by atoms with Gasteiger partial charge in [-0.3, -0.25) is 0 Å². The Kier molecular flexibility index (Phi) is 4.04. The highest BCUT2D eigenvalue weighted by molar-refractivity contribution is 9.10. The topological polar surface area (TPSA) is 38.0 Å². The summed E-state index contributed by atoms with van der Waals surface area (Å²) in [6.45, 7) is 1.91. The van der Waals surface area contributed by atoms with Crippen LogP contribution >= 0.6 is 15.9 Å². The average Bonchev–Trinajstić information content (AvgIpc) is 2.35. The van der Waals surface area contributed by atoms with Gasteiger partial charge in [0.2, 0.25) is 0 Å². The van der Waals surface area contributed by atoms with E-state index in [-0.39, 0.29) is 5.56 Å². The summed E-state index contributed by atoms with van der Waals surface area (Å²) < 4.78 is 26.9. The summed E-state index contributed by atoms with van der Waals surface area (Å²) in [5.74, 6) is 0. The van der Waals surface area contributed by atoms with E-state index in [1.54, 1.807) is 12.1 Å². The van der Waals surface area contributed by atoms with E-state index >= 15 is 0 Å². The van der Waals surface area contributed by atoms with E-state index in [1.165, 1.54) is 6.07 Å². The minimum atomic E-state index is -2.57. The van der Waals surface area contributed by atoms with Gasteiger partial charge in [-0.05, 0) is 42.8 Å². The van der Waals surface area contributed by atoms with Crippen LogP contribution in [0.25, 0.3) is 0 Å². The molecule has 0 radical (unpaired) electrons. The lowest BCUT2D eigenvalue weighted by molar-refractivity contribution is 0.152. The fourth-order valence-electron chi connectivity index (χ4n) is 1.75. The van der Waals surface area contributed by atoms with Gasteiger partial charge in [0.15, 0.2) is 0 Å². The van der Waals surface area contributed by atoms with Gasteiger partial charge in [0, 0.05) is 27.1 Å². The maximum atomic E-state index is 13.0. The third kappa shape index (κ3) is 3.23. The molecule has 2 aromatic carbocycles. The molecule has 0 saturated carbocycles. The second kappa shape index (κ2) is 5.57. The highest BCUT2D eigenvalue weighted by Crippen LogP contribution is 2.32. The molecule has 19 heavy (non-hydrogen) atoms. The van der Waals surface area contributed by atoms with Crippen LogP contribution in [0.5, 0.6) is 0 Å². The number of nitrogen functional groups attached to an aromatic ring is 1. The van der Waals surface area contributed by atoms with Gasteiger partial charge in [0.05, 0.1) is 0 Å². The van der Waals surface area contributed by atoms with Gasteiger partial charge >= 0.3 is 0 Å². The lowest BCUT2D eigenvalue weighted by Crippen LogP contribution is -1.99. The highest BCUT2D eigenvalue weighted by Gasteiger charge is 2.14. The van der Waals surface area contributed by atoms with E-state index in [0.29, 0.717) is 11.4 Å². The molecule has 0 aliphatic carbocycles. The molecule has 0 aliphatic heterocycles. The Morgan fingerprint density at radius 1 is 1.11 bits per heavy atom. The zero-order valence-corrected chi connectivity index (χ0v) is 11.8. The molecule has 0 amide bonds. The summed E-state index contributed by atoms with van der Waals surface area (Å²) in [6, 6.07) is 10.1. The summed E-state index contributed by atoms with van der Waals surface area (Å²) in [5.41, 5.74) is 7.89. The molecular weight excluding hydrogens is 314 g/mol. The van der Waals surface area contributed by atoms with Crippen LogP contribution in [-0.2, 0) is 0 Å². The van der Waals surface area contributed by atoms with Crippen molar-refractivity contribution in [3.8, 4) is 0 Å². The number of nitrogens with two attached hydrogens (primary N) is 1. The Hall–Kier alpha value is -1.62. The minimum absolute atomic E-state index is 0.0978. The molecular formula is C14H13BrF2N2. The van der Waals surface area contributed by atoms with Crippen molar-refractivity contribution in [3.05, 3.63) is 52.0 Å². The van der Waals surface area contributed by atoms with Crippen LogP contribution in [0.1, 0.15) is 17.6 Å². The van der Waals surface area contributed by atoms with Crippen molar-refractivity contribution < 1.29 is 8.78 Å². The monoisotopic (exact) mass is 326 g/mol. The van der Waals surface area contributed by atoms with Crippen LogP contribution < -0.4 is 11.1 Å². The summed E-state index contributed by atoms with van der Waals surface area (Å²) in [6.07, 6.45) is -2.57. The third-order valence-electron chi connectivity index (χ3n) is 2.78. The Balaban J connectivity index is 2.40. The van der Waals surface area contributed by atoms with Crippen LogP contribution in [0.4, 0.5) is 25.8 Å². The number of rotatable bonds is 3. The number of nitrogens with one attached hydrogen (secondary N) is 1. The van der Waals surface area contributed by atoms with E-state index < -0.39 is 6.43 Å². The van der Waals surface area contributed by atoms with Crippen LogP contribution in [-0.4, -0.2) is 0 Å². The maximum absolute atomic E-state index is 13.0. The van der Waals surface area contributed by atoms with Crippen molar-refractivity contribution in [1.29, 1.82) is 0 Å². The first kappa shape index (κ1) is 13.8. The molecule has 2 rings (SSSR count). The number of alkyl halides is 2. The van der Waals surface area contributed by atoms with Gasteiger partial charge in [-0.1, -0.05) is 22.0 Å². The SMILES string of the molecule is Cc1ccc(Br)cc1Nc1ccc(N)cc1C(F)F. The van der Waals surface area contributed by atoms with Crippen molar-refractivity contribution in [2.24, 2.45) is 0 Å². The Morgan fingerprint density at radius 2 is 1.84 bits per heavy atom. The minimum Gasteiger partial charge on any atom is -0.399 e. The quantitative estimate of drug-likeness (QED) is 0.777. The molecule has 0 aliphatic rings. The van der Waals surface area contributed by atoms with E-state index in [1.807, 2.05) is 25.1 Å². The molecule has 5 heteroatoms. The molecule has 0 bridgehead atoms. The van der Waals surface area contributed by atoms with E-state index in [9.17, 15) is 8.78 Å². The normalized spacial score (nSPS) is 10.8. The Labute approximate surface area is 118 Å². The van der Waals surface area contributed by atoms with Crippen molar-refractivity contribution in [2.45, 2.75) is 13.3 Å². The van der Waals surface area contributed by atoms with Crippen LogP contribution in [0.15, 0.2) is 40.9 Å². The first-order valence-corrected chi connectivity index (χ1v) is 6.47. The summed E-state index contributed by atoms with van der Waals surface area (Å²) >= 11 is 3.36. The molecule has 0 fully saturated rings. The molecule has 0 heterocycles. The number of benzene rings is 2. The van der Waals surface area contributed by atoms with Gasteiger partial charge in [-0.25, -0.2) is 8.78 Å².